The van der Waals surface area contributed by atoms with Gasteiger partial charge in [-0.05, 0) is 44.4 Å². The first-order valence-electron chi connectivity index (χ1n) is 9.17. The summed E-state index contributed by atoms with van der Waals surface area (Å²) in [7, 11) is 0. The van der Waals surface area contributed by atoms with Gasteiger partial charge in [0.15, 0.2) is 0 Å². The highest BCUT2D eigenvalue weighted by atomic mass is 16.6. The Hall–Kier alpha value is -2.82. The largest absolute Gasteiger partial charge is 0.478 e. The lowest BCUT2D eigenvalue weighted by Crippen LogP contribution is -2.38. The van der Waals surface area contributed by atoms with Crippen molar-refractivity contribution in [2.75, 3.05) is 11.4 Å². The molecule has 0 saturated heterocycles. The number of aromatic carboxylic acids is 1. The molecule has 0 aliphatic heterocycles. The van der Waals surface area contributed by atoms with Crippen LogP contribution in [0.3, 0.4) is 0 Å². The fourth-order valence-corrected chi connectivity index (χ4v) is 2.79. The number of carbonyl (C=O) groups excluding carboxylic acids is 1. The third-order valence-corrected chi connectivity index (χ3v) is 3.98. The molecule has 0 spiro atoms. The Kier molecular flexibility index (Phi) is 6.61. The van der Waals surface area contributed by atoms with Crippen LogP contribution in [0.15, 0.2) is 48.5 Å². The number of hydrogen-bond donors (Lipinski definition) is 1. The molecule has 27 heavy (non-hydrogen) atoms. The van der Waals surface area contributed by atoms with Crippen LogP contribution in [0.5, 0.6) is 0 Å². The van der Waals surface area contributed by atoms with Crippen molar-refractivity contribution in [1.82, 2.24) is 0 Å². The predicted molar refractivity (Wildman–Crippen MR) is 107 cm³/mol. The second-order valence-electron chi connectivity index (χ2n) is 7.36. The van der Waals surface area contributed by atoms with Crippen LogP contribution in [0.25, 0.3) is 11.1 Å². The van der Waals surface area contributed by atoms with E-state index in [2.05, 4.69) is 0 Å². The van der Waals surface area contributed by atoms with E-state index in [-0.39, 0.29) is 5.56 Å². The van der Waals surface area contributed by atoms with Gasteiger partial charge < -0.3 is 9.84 Å². The van der Waals surface area contributed by atoms with E-state index in [9.17, 15) is 14.7 Å². The molecule has 0 radical (unpaired) electrons. The number of benzene rings is 2. The standard InChI is InChI=1S/C22H27NO4/c1-5-6-15-23(21(26)27-22(2,3)4)18-14-10-13-17(19(18)20(24)25)16-11-8-7-9-12-16/h7-14H,5-6,15H2,1-4H3,(H,24,25). The van der Waals surface area contributed by atoms with Crippen molar-refractivity contribution in [3.63, 3.8) is 0 Å². The molecular weight excluding hydrogens is 342 g/mol. The number of carboxylic acids is 1. The number of nitrogens with zero attached hydrogens (tertiary/aromatic N) is 1. The molecule has 0 heterocycles. The Labute approximate surface area is 160 Å². The van der Waals surface area contributed by atoms with E-state index < -0.39 is 17.7 Å². The molecule has 0 fully saturated rings. The summed E-state index contributed by atoms with van der Waals surface area (Å²) in [5.41, 5.74) is 1.15. The third-order valence-electron chi connectivity index (χ3n) is 3.98. The van der Waals surface area contributed by atoms with E-state index >= 15 is 0 Å². The first kappa shape index (κ1) is 20.5. The van der Waals surface area contributed by atoms with Crippen molar-refractivity contribution in [3.8, 4) is 11.1 Å². The Morgan fingerprint density at radius 2 is 1.70 bits per heavy atom. The lowest BCUT2D eigenvalue weighted by Gasteiger charge is -2.29. The molecule has 1 amide bonds. The fourth-order valence-electron chi connectivity index (χ4n) is 2.79. The summed E-state index contributed by atoms with van der Waals surface area (Å²) in [5, 5.41) is 9.92. The van der Waals surface area contributed by atoms with Gasteiger partial charge in [0.05, 0.1) is 11.3 Å². The molecule has 2 aromatic rings. The van der Waals surface area contributed by atoms with E-state index in [0.29, 0.717) is 17.8 Å². The molecule has 0 bridgehead atoms. The van der Waals surface area contributed by atoms with Crippen molar-refractivity contribution in [3.05, 3.63) is 54.1 Å². The molecular formula is C22H27NO4. The number of hydrogen-bond acceptors (Lipinski definition) is 3. The lowest BCUT2D eigenvalue weighted by molar-refractivity contribution is 0.0579. The maximum atomic E-state index is 12.8. The quantitative estimate of drug-likeness (QED) is 0.720. The Morgan fingerprint density at radius 3 is 2.26 bits per heavy atom. The molecule has 0 aromatic heterocycles. The topological polar surface area (TPSA) is 66.8 Å². The van der Waals surface area contributed by atoms with E-state index in [4.69, 9.17) is 4.74 Å². The van der Waals surface area contributed by atoms with Gasteiger partial charge in [0, 0.05) is 6.54 Å². The maximum Gasteiger partial charge on any atom is 0.414 e. The summed E-state index contributed by atoms with van der Waals surface area (Å²) in [4.78, 5) is 26.4. The molecule has 5 nitrogen and oxygen atoms in total. The fraction of sp³-hybridized carbons (Fsp3) is 0.364. The average molecular weight is 369 g/mol. The molecule has 0 atom stereocenters. The number of carbonyl (C=O) groups is 2. The van der Waals surface area contributed by atoms with Crippen LogP contribution < -0.4 is 4.90 Å². The molecule has 2 rings (SSSR count). The van der Waals surface area contributed by atoms with Crippen molar-refractivity contribution in [2.24, 2.45) is 0 Å². The highest BCUT2D eigenvalue weighted by Crippen LogP contribution is 2.32. The van der Waals surface area contributed by atoms with Crippen LogP contribution in [0, 0.1) is 0 Å². The van der Waals surface area contributed by atoms with Crippen LogP contribution in [0.1, 0.15) is 50.9 Å². The van der Waals surface area contributed by atoms with Crippen LogP contribution >= 0.6 is 0 Å². The van der Waals surface area contributed by atoms with Gasteiger partial charge in [0.2, 0.25) is 0 Å². The zero-order chi connectivity index (χ0) is 20.0. The van der Waals surface area contributed by atoms with Crippen molar-refractivity contribution in [2.45, 2.75) is 46.1 Å². The normalized spacial score (nSPS) is 11.1. The van der Waals surface area contributed by atoms with Gasteiger partial charge >= 0.3 is 12.1 Å². The summed E-state index contributed by atoms with van der Waals surface area (Å²) in [6.07, 6.45) is 1.08. The Balaban J connectivity index is 2.58. The minimum absolute atomic E-state index is 0.102. The van der Waals surface area contributed by atoms with Crippen LogP contribution in [0.2, 0.25) is 0 Å². The maximum absolute atomic E-state index is 12.8. The molecule has 0 aliphatic carbocycles. The van der Waals surface area contributed by atoms with E-state index in [1.54, 1.807) is 39.0 Å². The number of carboxylic acid groups (broad SMARTS) is 1. The molecule has 0 aliphatic rings. The van der Waals surface area contributed by atoms with Gasteiger partial charge in [-0.1, -0.05) is 55.8 Å². The summed E-state index contributed by atoms with van der Waals surface area (Å²) in [6, 6.07) is 14.5. The SMILES string of the molecule is CCCCN(C(=O)OC(C)(C)C)c1cccc(-c2ccccc2)c1C(=O)O. The molecule has 0 saturated carbocycles. The summed E-state index contributed by atoms with van der Waals surface area (Å²) < 4.78 is 5.53. The van der Waals surface area contributed by atoms with Gasteiger partial charge in [0.1, 0.15) is 5.60 Å². The van der Waals surface area contributed by atoms with Crippen LogP contribution in [-0.4, -0.2) is 29.3 Å². The van der Waals surface area contributed by atoms with Gasteiger partial charge in [-0.15, -0.1) is 0 Å². The zero-order valence-corrected chi connectivity index (χ0v) is 16.4. The molecule has 1 N–H and O–H groups in total. The Bertz CT molecular complexity index is 794. The van der Waals surface area contributed by atoms with Gasteiger partial charge in [-0.25, -0.2) is 9.59 Å². The van der Waals surface area contributed by atoms with E-state index in [1.807, 2.05) is 37.3 Å². The molecule has 5 heteroatoms. The number of ether oxygens (including phenoxy) is 1. The minimum atomic E-state index is -1.07. The average Bonchev–Trinajstić information content (AvgIpc) is 2.61. The third kappa shape index (κ3) is 5.33. The molecule has 2 aromatic carbocycles. The highest BCUT2D eigenvalue weighted by molar-refractivity contribution is 6.05. The second-order valence-corrected chi connectivity index (χ2v) is 7.36. The summed E-state index contributed by atoms with van der Waals surface area (Å²) in [6.45, 7) is 7.79. The van der Waals surface area contributed by atoms with Gasteiger partial charge in [-0.3, -0.25) is 4.90 Å². The number of anilines is 1. The summed E-state index contributed by atoms with van der Waals surface area (Å²) >= 11 is 0. The van der Waals surface area contributed by atoms with Crippen molar-refractivity contribution >= 4 is 17.7 Å². The Morgan fingerprint density at radius 1 is 1.04 bits per heavy atom. The lowest BCUT2D eigenvalue weighted by atomic mass is 9.97. The highest BCUT2D eigenvalue weighted by Gasteiger charge is 2.28. The first-order valence-corrected chi connectivity index (χ1v) is 9.17. The number of amides is 1. The van der Waals surface area contributed by atoms with Crippen LogP contribution in [-0.2, 0) is 4.74 Å². The van der Waals surface area contributed by atoms with Crippen molar-refractivity contribution < 1.29 is 19.4 Å². The number of rotatable bonds is 6. The van der Waals surface area contributed by atoms with Gasteiger partial charge in [0.25, 0.3) is 0 Å². The van der Waals surface area contributed by atoms with Gasteiger partial charge in [-0.2, -0.15) is 0 Å². The first-order chi connectivity index (χ1) is 12.7. The number of unbranched alkanes of at least 4 members (excludes halogenated alkanes) is 1. The minimum Gasteiger partial charge on any atom is -0.478 e. The monoisotopic (exact) mass is 369 g/mol. The van der Waals surface area contributed by atoms with E-state index in [0.717, 1.165) is 18.4 Å². The van der Waals surface area contributed by atoms with Crippen LogP contribution in [0.4, 0.5) is 10.5 Å². The summed E-state index contributed by atoms with van der Waals surface area (Å²) in [5.74, 6) is -1.07. The van der Waals surface area contributed by atoms with E-state index in [1.165, 1.54) is 4.90 Å². The zero-order valence-electron chi connectivity index (χ0n) is 16.4. The molecule has 144 valence electrons. The predicted octanol–water partition coefficient (Wildman–Crippen LogP) is 5.59. The van der Waals surface area contributed by atoms with Crippen molar-refractivity contribution in [1.29, 1.82) is 0 Å². The molecule has 0 unspecified atom stereocenters. The smallest absolute Gasteiger partial charge is 0.414 e. The second kappa shape index (κ2) is 8.71.